The summed E-state index contributed by atoms with van der Waals surface area (Å²) in [7, 11) is 5.92. The molecule has 2 saturated heterocycles. The third-order valence-corrected chi connectivity index (χ3v) is 8.12. The van der Waals surface area contributed by atoms with Gasteiger partial charge < -0.3 is 28.9 Å². The van der Waals surface area contributed by atoms with Gasteiger partial charge in [-0.05, 0) is 63.5 Å². The highest BCUT2D eigenvalue weighted by Crippen LogP contribution is 2.50. The Labute approximate surface area is 189 Å². The highest BCUT2D eigenvalue weighted by molar-refractivity contribution is 5.90. The summed E-state index contributed by atoms with van der Waals surface area (Å²) in [6.45, 7) is 3.91. The van der Waals surface area contributed by atoms with E-state index in [-0.39, 0.29) is 29.9 Å². The molecule has 174 valence electrons. The molecule has 7 nitrogen and oxygen atoms in total. The van der Waals surface area contributed by atoms with Gasteiger partial charge in [-0.25, -0.2) is 0 Å². The zero-order valence-corrected chi connectivity index (χ0v) is 19.5. The monoisotopic (exact) mass is 441 g/mol. The van der Waals surface area contributed by atoms with Gasteiger partial charge in [0.25, 0.3) is 0 Å². The molecule has 4 heterocycles. The Kier molecular flexibility index (Phi) is 5.68. The lowest BCUT2D eigenvalue weighted by molar-refractivity contribution is -0.145. The smallest absolute Gasteiger partial charge is 0.226 e. The summed E-state index contributed by atoms with van der Waals surface area (Å²) >= 11 is 0. The van der Waals surface area contributed by atoms with Crippen molar-refractivity contribution < 1.29 is 19.4 Å². The third kappa shape index (κ3) is 3.33. The van der Waals surface area contributed by atoms with Gasteiger partial charge in [-0.2, -0.15) is 0 Å². The zero-order valence-electron chi connectivity index (χ0n) is 19.5. The fourth-order valence-corrected chi connectivity index (χ4v) is 6.22. The molecule has 2 fully saturated rings. The average molecular weight is 442 g/mol. The Morgan fingerprint density at radius 2 is 1.94 bits per heavy atom. The van der Waals surface area contributed by atoms with Gasteiger partial charge in [-0.15, -0.1) is 0 Å². The summed E-state index contributed by atoms with van der Waals surface area (Å²) in [6, 6.07) is 5.94. The number of aliphatic hydroxyl groups excluding tert-OH is 1. The van der Waals surface area contributed by atoms with Gasteiger partial charge in [-0.3, -0.25) is 4.79 Å². The number of likely N-dealkylation sites (tertiary alicyclic amines) is 1. The quantitative estimate of drug-likeness (QED) is 0.793. The topological polar surface area (TPSA) is 67.2 Å². The molecule has 0 aliphatic carbocycles. The van der Waals surface area contributed by atoms with Crippen LogP contribution in [0.2, 0.25) is 0 Å². The van der Waals surface area contributed by atoms with Crippen LogP contribution in [0.3, 0.4) is 0 Å². The molecule has 5 rings (SSSR count). The molecule has 1 amide bonds. The maximum atomic E-state index is 13.8. The van der Waals surface area contributed by atoms with Crippen LogP contribution in [0, 0.1) is 5.92 Å². The molecule has 0 saturated carbocycles. The highest BCUT2D eigenvalue weighted by Gasteiger charge is 2.49. The van der Waals surface area contributed by atoms with Crippen molar-refractivity contribution in [3.63, 3.8) is 0 Å². The number of hydrogen-bond acceptors (Lipinski definition) is 5. The molecule has 1 aromatic heterocycles. The average Bonchev–Trinajstić information content (AvgIpc) is 3.13. The van der Waals surface area contributed by atoms with E-state index in [1.54, 1.807) is 7.11 Å². The van der Waals surface area contributed by atoms with Crippen molar-refractivity contribution in [1.82, 2.24) is 14.4 Å². The number of benzene rings is 1. The first kappa shape index (κ1) is 21.7. The standard InChI is InChI=1S/C25H35N3O4/c1-26-10-8-25(9-11-26)16-28(24(30)17-6-12-32-13-7-17)21(15-29)23-22(25)19-5-4-18(31-3)14-20(19)27(23)2/h4-5,14,17,21,29H,6-13,15-16H2,1-3H3/t21-/m0/s1. The number of hydrogen-bond donors (Lipinski definition) is 1. The molecule has 7 heteroatoms. The van der Waals surface area contributed by atoms with Crippen molar-refractivity contribution in [2.75, 3.05) is 53.6 Å². The number of aromatic nitrogens is 1. The fourth-order valence-electron chi connectivity index (χ4n) is 6.22. The van der Waals surface area contributed by atoms with Gasteiger partial charge in [0.2, 0.25) is 5.91 Å². The van der Waals surface area contributed by atoms with Gasteiger partial charge in [0, 0.05) is 55.3 Å². The van der Waals surface area contributed by atoms with E-state index in [0.717, 1.165) is 55.7 Å². The first-order chi connectivity index (χ1) is 15.5. The molecule has 0 bridgehead atoms. The summed E-state index contributed by atoms with van der Waals surface area (Å²) in [5.74, 6) is 0.986. The van der Waals surface area contributed by atoms with Crippen LogP contribution in [0.4, 0.5) is 0 Å². The second-order valence-corrected chi connectivity index (χ2v) is 9.84. The Morgan fingerprint density at radius 3 is 2.59 bits per heavy atom. The minimum atomic E-state index is -0.325. The van der Waals surface area contributed by atoms with Gasteiger partial charge in [0.1, 0.15) is 5.75 Å². The molecule has 1 spiro atoms. The number of amides is 1. The highest BCUT2D eigenvalue weighted by atomic mass is 16.5. The van der Waals surface area contributed by atoms with Gasteiger partial charge in [0.15, 0.2) is 0 Å². The van der Waals surface area contributed by atoms with Crippen molar-refractivity contribution in [2.24, 2.45) is 13.0 Å². The minimum absolute atomic E-state index is 0.0163. The van der Waals surface area contributed by atoms with Crippen molar-refractivity contribution in [3.8, 4) is 5.75 Å². The summed E-state index contributed by atoms with van der Waals surface area (Å²) in [4.78, 5) is 18.2. The number of methoxy groups -OCH3 is 1. The Morgan fingerprint density at radius 1 is 1.22 bits per heavy atom. The molecule has 1 aromatic carbocycles. The van der Waals surface area contributed by atoms with Crippen LogP contribution in [0.1, 0.15) is 43.0 Å². The lowest BCUT2D eigenvalue weighted by Gasteiger charge is -2.51. The molecular weight excluding hydrogens is 406 g/mol. The minimum Gasteiger partial charge on any atom is -0.497 e. The number of rotatable bonds is 3. The number of carbonyl (C=O) groups excluding carboxylic acids is 1. The molecule has 0 radical (unpaired) electrons. The molecule has 1 N–H and O–H groups in total. The number of aliphatic hydroxyl groups is 1. The maximum Gasteiger partial charge on any atom is 0.226 e. The molecule has 3 aliphatic rings. The second-order valence-electron chi connectivity index (χ2n) is 9.84. The zero-order chi connectivity index (χ0) is 22.5. The Hall–Kier alpha value is -2.09. The van der Waals surface area contributed by atoms with Crippen molar-refractivity contribution >= 4 is 16.8 Å². The first-order valence-corrected chi connectivity index (χ1v) is 11.8. The van der Waals surface area contributed by atoms with E-state index in [1.807, 2.05) is 11.0 Å². The van der Waals surface area contributed by atoms with E-state index >= 15 is 0 Å². The number of ether oxygens (including phenoxy) is 2. The van der Waals surface area contributed by atoms with Crippen LogP contribution in [-0.2, 0) is 22.0 Å². The second kappa shape index (κ2) is 8.36. The predicted molar refractivity (Wildman–Crippen MR) is 123 cm³/mol. The van der Waals surface area contributed by atoms with E-state index in [2.05, 4.69) is 35.7 Å². The normalized spacial score (nSPS) is 24.1. The summed E-state index contributed by atoms with van der Waals surface area (Å²) in [6.07, 6.45) is 3.56. The van der Waals surface area contributed by atoms with E-state index in [9.17, 15) is 9.90 Å². The largest absolute Gasteiger partial charge is 0.497 e. The van der Waals surface area contributed by atoms with E-state index in [0.29, 0.717) is 19.8 Å². The van der Waals surface area contributed by atoms with E-state index in [4.69, 9.17) is 9.47 Å². The van der Waals surface area contributed by atoms with Gasteiger partial charge in [0.05, 0.1) is 25.3 Å². The Bertz CT molecular complexity index is 1000. The number of carbonyl (C=O) groups is 1. The first-order valence-electron chi connectivity index (χ1n) is 11.8. The van der Waals surface area contributed by atoms with E-state index < -0.39 is 0 Å². The van der Waals surface area contributed by atoms with E-state index in [1.165, 1.54) is 10.9 Å². The molecule has 3 aliphatic heterocycles. The third-order valence-electron chi connectivity index (χ3n) is 8.12. The van der Waals surface area contributed by atoms with Gasteiger partial charge >= 0.3 is 0 Å². The van der Waals surface area contributed by atoms with Crippen molar-refractivity contribution in [1.29, 1.82) is 0 Å². The number of aryl methyl sites for hydroxylation is 1. The van der Waals surface area contributed by atoms with Crippen LogP contribution >= 0.6 is 0 Å². The fraction of sp³-hybridized carbons (Fsp3) is 0.640. The predicted octanol–water partition coefficient (Wildman–Crippen LogP) is 2.45. The van der Waals surface area contributed by atoms with Crippen LogP contribution in [0.25, 0.3) is 10.9 Å². The molecule has 0 unspecified atom stereocenters. The number of fused-ring (bicyclic) bond motifs is 4. The SMILES string of the molecule is COc1ccc2c3c(n(C)c2c1)[C@H](CO)N(C(=O)C1CCOCC1)CC31CCN(C)CC1. The maximum absolute atomic E-state index is 13.8. The van der Waals surface area contributed by atoms with Gasteiger partial charge in [-0.1, -0.05) is 0 Å². The van der Waals surface area contributed by atoms with Crippen molar-refractivity contribution in [3.05, 3.63) is 29.5 Å². The number of piperidine rings is 1. The Balaban J connectivity index is 1.67. The molecule has 1 atom stereocenters. The summed E-state index contributed by atoms with van der Waals surface area (Å²) in [5.41, 5.74) is 3.43. The lowest BCUT2D eigenvalue weighted by Crippen LogP contribution is -2.56. The lowest BCUT2D eigenvalue weighted by atomic mass is 9.68. The van der Waals surface area contributed by atoms with Crippen molar-refractivity contribution in [2.45, 2.75) is 37.1 Å². The van der Waals surface area contributed by atoms with Crippen LogP contribution in [0.5, 0.6) is 5.75 Å². The van der Waals surface area contributed by atoms with Crippen LogP contribution in [-0.4, -0.2) is 79.0 Å². The molecular formula is C25H35N3O4. The summed E-state index contributed by atoms with van der Waals surface area (Å²) in [5, 5.41) is 11.8. The number of nitrogens with zero attached hydrogens (tertiary/aromatic N) is 3. The van der Waals surface area contributed by atoms with Crippen LogP contribution < -0.4 is 4.74 Å². The summed E-state index contributed by atoms with van der Waals surface area (Å²) < 4.78 is 13.2. The molecule has 32 heavy (non-hydrogen) atoms. The molecule has 2 aromatic rings. The van der Waals surface area contributed by atoms with Crippen LogP contribution in [0.15, 0.2) is 18.2 Å².